The Morgan fingerprint density at radius 2 is 1.77 bits per heavy atom. The lowest BCUT2D eigenvalue weighted by Crippen LogP contribution is -2.37. The number of aromatic nitrogens is 1. The van der Waals surface area contributed by atoms with E-state index in [-0.39, 0.29) is 11.8 Å². The average Bonchev–Trinajstić information content (AvgIpc) is 3.07. The standard InChI is InChI=1S/C19H22N2O/c22-19(21-17-8-4-5-9-17)18(16-6-2-1-3-7-16)14-15-10-12-20-13-11-15/h1-3,6-7,10-13,17-18H,4-5,8-9,14H2,(H,21,22). The predicted molar refractivity (Wildman–Crippen MR) is 87.5 cm³/mol. The van der Waals surface area contributed by atoms with Crippen LogP contribution in [0.3, 0.4) is 0 Å². The normalized spacial score (nSPS) is 16.4. The topological polar surface area (TPSA) is 42.0 Å². The fourth-order valence-electron chi connectivity index (χ4n) is 3.17. The second kappa shape index (κ2) is 7.21. The van der Waals surface area contributed by atoms with Crippen molar-refractivity contribution in [2.45, 2.75) is 44.1 Å². The monoisotopic (exact) mass is 294 g/mol. The number of pyridine rings is 1. The van der Waals surface area contributed by atoms with Crippen LogP contribution in [0.4, 0.5) is 0 Å². The molecule has 1 unspecified atom stereocenters. The van der Waals surface area contributed by atoms with Gasteiger partial charge < -0.3 is 5.32 Å². The molecule has 1 heterocycles. The Labute approximate surface area is 131 Å². The molecule has 0 spiro atoms. The molecule has 0 radical (unpaired) electrons. The van der Waals surface area contributed by atoms with E-state index in [0.717, 1.165) is 24.0 Å². The van der Waals surface area contributed by atoms with Crippen molar-refractivity contribution in [2.75, 3.05) is 0 Å². The van der Waals surface area contributed by atoms with Gasteiger partial charge in [-0.3, -0.25) is 9.78 Å². The minimum Gasteiger partial charge on any atom is -0.353 e. The van der Waals surface area contributed by atoms with Crippen molar-refractivity contribution < 1.29 is 4.79 Å². The SMILES string of the molecule is O=C(NC1CCCC1)C(Cc1ccncc1)c1ccccc1. The van der Waals surface area contributed by atoms with Crippen LogP contribution in [-0.2, 0) is 11.2 Å². The number of nitrogens with zero attached hydrogens (tertiary/aromatic N) is 1. The van der Waals surface area contributed by atoms with Crippen LogP contribution < -0.4 is 5.32 Å². The second-order valence-electron chi connectivity index (χ2n) is 6.01. The molecule has 3 nitrogen and oxygen atoms in total. The van der Waals surface area contributed by atoms with E-state index >= 15 is 0 Å². The summed E-state index contributed by atoms with van der Waals surface area (Å²) in [5, 5.41) is 3.24. The summed E-state index contributed by atoms with van der Waals surface area (Å²) in [6.45, 7) is 0. The van der Waals surface area contributed by atoms with E-state index in [1.54, 1.807) is 12.4 Å². The van der Waals surface area contributed by atoms with Crippen molar-refractivity contribution in [1.29, 1.82) is 0 Å². The van der Waals surface area contributed by atoms with Crippen molar-refractivity contribution in [2.24, 2.45) is 0 Å². The molecule has 114 valence electrons. The minimum atomic E-state index is -0.135. The van der Waals surface area contributed by atoms with Gasteiger partial charge in [0.15, 0.2) is 0 Å². The first-order valence-electron chi connectivity index (χ1n) is 8.07. The van der Waals surface area contributed by atoms with Crippen LogP contribution in [0.1, 0.15) is 42.7 Å². The number of amides is 1. The molecule has 1 aliphatic rings. The minimum absolute atomic E-state index is 0.135. The largest absolute Gasteiger partial charge is 0.353 e. The first-order valence-corrected chi connectivity index (χ1v) is 8.07. The summed E-state index contributed by atoms with van der Waals surface area (Å²) >= 11 is 0. The zero-order valence-electron chi connectivity index (χ0n) is 12.7. The molecule has 1 N–H and O–H groups in total. The zero-order valence-corrected chi connectivity index (χ0v) is 12.7. The lowest BCUT2D eigenvalue weighted by molar-refractivity contribution is -0.123. The number of benzene rings is 1. The van der Waals surface area contributed by atoms with E-state index in [4.69, 9.17) is 0 Å². The molecule has 1 aliphatic carbocycles. The fourth-order valence-corrected chi connectivity index (χ4v) is 3.17. The summed E-state index contributed by atoms with van der Waals surface area (Å²) in [5.41, 5.74) is 2.22. The first kappa shape index (κ1) is 14.8. The third-order valence-corrected chi connectivity index (χ3v) is 4.41. The Morgan fingerprint density at radius 3 is 2.45 bits per heavy atom. The number of nitrogens with one attached hydrogen (secondary N) is 1. The molecule has 3 rings (SSSR count). The highest BCUT2D eigenvalue weighted by molar-refractivity contribution is 5.84. The van der Waals surface area contributed by atoms with Gasteiger partial charge in [0.2, 0.25) is 5.91 Å². The average molecular weight is 294 g/mol. The van der Waals surface area contributed by atoms with E-state index in [1.807, 2.05) is 42.5 Å². The van der Waals surface area contributed by atoms with Crippen molar-refractivity contribution in [1.82, 2.24) is 10.3 Å². The van der Waals surface area contributed by atoms with Gasteiger partial charge in [0.1, 0.15) is 0 Å². The maximum Gasteiger partial charge on any atom is 0.228 e. The van der Waals surface area contributed by atoms with Crippen molar-refractivity contribution in [3.63, 3.8) is 0 Å². The quantitative estimate of drug-likeness (QED) is 0.917. The molecule has 3 heteroatoms. The van der Waals surface area contributed by atoms with Gasteiger partial charge in [0.25, 0.3) is 0 Å². The Balaban J connectivity index is 1.77. The summed E-state index contributed by atoms with van der Waals surface area (Å²) in [6, 6.07) is 14.4. The molecule has 1 saturated carbocycles. The summed E-state index contributed by atoms with van der Waals surface area (Å²) in [6.07, 6.45) is 8.96. The molecule has 0 bridgehead atoms. The number of carbonyl (C=O) groups excluding carboxylic acids is 1. The summed E-state index contributed by atoms with van der Waals surface area (Å²) in [5.74, 6) is 0.0131. The van der Waals surface area contributed by atoms with Gasteiger partial charge >= 0.3 is 0 Å². The van der Waals surface area contributed by atoms with Crippen LogP contribution in [0.15, 0.2) is 54.9 Å². The Bertz CT molecular complexity index is 591. The maximum absolute atomic E-state index is 12.8. The van der Waals surface area contributed by atoms with Crippen LogP contribution in [-0.4, -0.2) is 16.9 Å². The molecular weight excluding hydrogens is 272 g/mol. The lowest BCUT2D eigenvalue weighted by atomic mass is 9.91. The van der Waals surface area contributed by atoms with E-state index in [0.29, 0.717) is 12.5 Å². The van der Waals surface area contributed by atoms with Gasteiger partial charge in [-0.1, -0.05) is 43.2 Å². The third kappa shape index (κ3) is 3.73. The van der Waals surface area contributed by atoms with Crippen LogP contribution in [0.2, 0.25) is 0 Å². The van der Waals surface area contributed by atoms with Crippen molar-refractivity contribution in [3.8, 4) is 0 Å². The molecule has 1 fully saturated rings. The molecule has 22 heavy (non-hydrogen) atoms. The second-order valence-corrected chi connectivity index (χ2v) is 6.01. The van der Waals surface area contributed by atoms with Crippen LogP contribution in [0.5, 0.6) is 0 Å². The van der Waals surface area contributed by atoms with Crippen molar-refractivity contribution in [3.05, 3.63) is 66.0 Å². The molecule has 0 saturated heterocycles. The van der Waals surface area contributed by atoms with E-state index in [1.165, 1.54) is 12.8 Å². The highest BCUT2D eigenvalue weighted by Gasteiger charge is 2.24. The first-order chi connectivity index (χ1) is 10.8. The maximum atomic E-state index is 12.8. The predicted octanol–water partition coefficient (Wildman–Crippen LogP) is 3.47. The highest BCUT2D eigenvalue weighted by atomic mass is 16.1. The van der Waals surface area contributed by atoms with E-state index < -0.39 is 0 Å². The number of hydrogen-bond donors (Lipinski definition) is 1. The summed E-state index contributed by atoms with van der Waals surface area (Å²) in [7, 11) is 0. The highest BCUT2D eigenvalue weighted by Crippen LogP contribution is 2.23. The summed E-state index contributed by atoms with van der Waals surface area (Å²) in [4.78, 5) is 16.8. The zero-order chi connectivity index (χ0) is 15.2. The summed E-state index contributed by atoms with van der Waals surface area (Å²) < 4.78 is 0. The van der Waals surface area contributed by atoms with Gasteiger partial charge in [0.05, 0.1) is 5.92 Å². The molecule has 0 aliphatic heterocycles. The van der Waals surface area contributed by atoms with Gasteiger partial charge in [-0.2, -0.15) is 0 Å². The Hall–Kier alpha value is -2.16. The molecular formula is C19H22N2O. The molecule has 1 aromatic carbocycles. The van der Waals surface area contributed by atoms with Gasteiger partial charge in [-0.15, -0.1) is 0 Å². The van der Waals surface area contributed by atoms with Crippen LogP contribution in [0.25, 0.3) is 0 Å². The van der Waals surface area contributed by atoms with E-state index in [2.05, 4.69) is 10.3 Å². The molecule has 1 atom stereocenters. The van der Waals surface area contributed by atoms with Crippen LogP contribution >= 0.6 is 0 Å². The third-order valence-electron chi connectivity index (χ3n) is 4.41. The Morgan fingerprint density at radius 1 is 1.09 bits per heavy atom. The number of hydrogen-bond acceptors (Lipinski definition) is 2. The number of rotatable bonds is 5. The van der Waals surface area contributed by atoms with Gasteiger partial charge in [0, 0.05) is 18.4 Å². The molecule has 1 amide bonds. The van der Waals surface area contributed by atoms with E-state index in [9.17, 15) is 4.79 Å². The van der Waals surface area contributed by atoms with Crippen LogP contribution in [0, 0.1) is 0 Å². The van der Waals surface area contributed by atoms with Gasteiger partial charge in [-0.25, -0.2) is 0 Å². The fraction of sp³-hybridized carbons (Fsp3) is 0.368. The van der Waals surface area contributed by atoms with Crippen molar-refractivity contribution >= 4 is 5.91 Å². The smallest absolute Gasteiger partial charge is 0.228 e. The molecule has 2 aromatic rings. The Kier molecular flexibility index (Phi) is 4.84. The number of carbonyl (C=O) groups is 1. The molecule has 1 aromatic heterocycles. The van der Waals surface area contributed by atoms with Gasteiger partial charge in [-0.05, 0) is 42.5 Å². The lowest BCUT2D eigenvalue weighted by Gasteiger charge is -2.20.